The first-order valence-corrected chi connectivity index (χ1v) is 10.4. The van der Waals surface area contributed by atoms with Crippen LogP contribution in [0, 0.1) is 11.8 Å². The molecule has 0 aromatic rings. The third-order valence-electron chi connectivity index (χ3n) is 6.04. The van der Waals surface area contributed by atoms with Crippen LogP contribution in [-0.2, 0) is 14.8 Å². The van der Waals surface area contributed by atoms with Gasteiger partial charge >= 0.3 is 0 Å². The SMILES string of the molecule is O=C1CCC2CN(S(=O)(=O)CC3CCC3)CCC2N1C1CC1. The van der Waals surface area contributed by atoms with Gasteiger partial charge in [-0.15, -0.1) is 0 Å². The van der Waals surface area contributed by atoms with Crippen molar-refractivity contribution in [1.29, 1.82) is 0 Å². The molecule has 0 N–H and O–H groups in total. The molecule has 22 heavy (non-hydrogen) atoms. The van der Waals surface area contributed by atoms with Gasteiger partial charge in [-0.2, -0.15) is 0 Å². The maximum atomic E-state index is 12.6. The number of rotatable bonds is 4. The number of amides is 1. The van der Waals surface area contributed by atoms with Crippen LogP contribution in [0.1, 0.15) is 51.4 Å². The normalized spacial score (nSPS) is 34.4. The van der Waals surface area contributed by atoms with Gasteiger partial charge in [0.15, 0.2) is 0 Å². The molecule has 6 heteroatoms. The van der Waals surface area contributed by atoms with Gasteiger partial charge in [-0.25, -0.2) is 12.7 Å². The van der Waals surface area contributed by atoms with E-state index in [4.69, 9.17) is 0 Å². The summed E-state index contributed by atoms with van der Waals surface area (Å²) < 4.78 is 26.9. The summed E-state index contributed by atoms with van der Waals surface area (Å²) in [6, 6.07) is 0.752. The van der Waals surface area contributed by atoms with Crippen LogP contribution in [0.4, 0.5) is 0 Å². The van der Waals surface area contributed by atoms with Crippen molar-refractivity contribution in [2.75, 3.05) is 18.8 Å². The molecule has 2 saturated carbocycles. The topological polar surface area (TPSA) is 57.7 Å². The first kappa shape index (κ1) is 14.9. The number of fused-ring (bicyclic) bond motifs is 1. The second-order valence-corrected chi connectivity index (χ2v) is 9.63. The second-order valence-electron chi connectivity index (χ2n) is 7.62. The van der Waals surface area contributed by atoms with Gasteiger partial charge in [0, 0.05) is 31.6 Å². The fourth-order valence-corrected chi connectivity index (χ4v) is 6.34. The lowest BCUT2D eigenvalue weighted by Crippen LogP contribution is -2.57. The van der Waals surface area contributed by atoms with E-state index in [1.165, 1.54) is 6.42 Å². The van der Waals surface area contributed by atoms with Crippen LogP contribution in [0.15, 0.2) is 0 Å². The quantitative estimate of drug-likeness (QED) is 0.788. The lowest BCUT2D eigenvalue weighted by molar-refractivity contribution is -0.141. The molecule has 4 fully saturated rings. The molecule has 0 aromatic heterocycles. The van der Waals surface area contributed by atoms with Crippen molar-refractivity contribution in [1.82, 2.24) is 9.21 Å². The van der Waals surface area contributed by atoms with Gasteiger partial charge in [-0.05, 0) is 50.4 Å². The Morgan fingerprint density at radius 3 is 2.45 bits per heavy atom. The number of likely N-dealkylation sites (tertiary alicyclic amines) is 1. The largest absolute Gasteiger partial charge is 0.336 e. The molecule has 124 valence electrons. The lowest BCUT2D eigenvalue weighted by Gasteiger charge is -2.47. The molecular formula is C16H26N2O3S. The van der Waals surface area contributed by atoms with E-state index < -0.39 is 10.0 Å². The predicted molar refractivity (Wildman–Crippen MR) is 83.7 cm³/mol. The highest BCUT2D eigenvalue weighted by atomic mass is 32.2. The molecule has 0 radical (unpaired) electrons. The van der Waals surface area contributed by atoms with Crippen LogP contribution in [0.25, 0.3) is 0 Å². The Bertz CT molecular complexity index is 554. The Labute approximate surface area is 133 Å². The van der Waals surface area contributed by atoms with Gasteiger partial charge in [-0.1, -0.05) is 6.42 Å². The van der Waals surface area contributed by atoms with Crippen molar-refractivity contribution in [3.05, 3.63) is 0 Å². The van der Waals surface area contributed by atoms with Crippen LogP contribution in [0.2, 0.25) is 0 Å². The average Bonchev–Trinajstić information content (AvgIpc) is 3.27. The van der Waals surface area contributed by atoms with Crippen molar-refractivity contribution in [2.45, 2.75) is 63.5 Å². The Morgan fingerprint density at radius 1 is 1.05 bits per heavy atom. The third kappa shape index (κ3) is 2.68. The molecule has 4 aliphatic rings. The molecule has 1 amide bonds. The van der Waals surface area contributed by atoms with Gasteiger partial charge in [-0.3, -0.25) is 4.79 Å². The first-order chi connectivity index (χ1) is 10.5. The summed E-state index contributed by atoms with van der Waals surface area (Å²) in [5.41, 5.74) is 0. The highest BCUT2D eigenvalue weighted by molar-refractivity contribution is 7.89. The standard InChI is InChI=1S/C16H26N2O3S/c19-16-7-4-13-10-17(22(20,21)11-12-2-1-3-12)9-8-15(13)18(16)14-5-6-14/h12-15H,1-11H2. The van der Waals surface area contributed by atoms with Crippen LogP contribution in [-0.4, -0.2) is 54.5 Å². The van der Waals surface area contributed by atoms with Gasteiger partial charge in [0.2, 0.25) is 15.9 Å². The van der Waals surface area contributed by atoms with Crippen molar-refractivity contribution < 1.29 is 13.2 Å². The van der Waals surface area contributed by atoms with Crippen molar-refractivity contribution in [2.24, 2.45) is 11.8 Å². The molecule has 5 nitrogen and oxygen atoms in total. The Balaban J connectivity index is 1.44. The number of sulfonamides is 1. The average molecular weight is 326 g/mol. The molecule has 2 atom stereocenters. The minimum absolute atomic E-state index is 0.295. The van der Waals surface area contributed by atoms with E-state index in [1.807, 2.05) is 0 Å². The van der Waals surface area contributed by atoms with E-state index in [1.54, 1.807) is 4.31 Å². The summed E-state index contributed by atoms with van der Waals surface area (Å²) in [6.07, 6.45) is 7.90. The molecule has 0 aromatic carbocycles. The highest BCUT2D eigenvalue weighted by Crippen LogP contribution is 2.39. The van der Waals surface area contributed by atoms with E-state index in [2.05, 4.69) is 4.90 Å². The monoisotopic (exact) mass is 326 g/mol. The molecule has 2 unspecified atom stereocenters. The minimum Gasteiger partial charge on any atom is -0.336 e. The van der Waals surface area contributed by atoms with Gasteiger partial charge in [0.25, 0.3) is 0 Å². The van der Waals surface area contributed by atoms with E-state index in [0.29, 0.717) is 55.1 Å². The van der Waals surface area contributed by atoms with Crippen LogP contribution in [0.3, 0.4) is 0 Å². The molecule has 2 heterocycles. The molecule has 2 aliphatic carbocycles. The van der Waals surface area contributed by atoms with E-state index in [-0.39, 0.29) is 0 Å². The fraction of sp³-hybridized carbons (Fsp3) is 0.938. The maximum Gasteiger partial charge on any atom is 0.223 e. The number of piperidine rings is 2. The first-order valence-electron chi connectivity index (χ1n) is 8.83. The van der Waals surface area contributed by atoms with Crippen molar-refractivity contribution in [3.8, 4) is 0 Å². The fourth-order valence-electron chi connectivity index (χ4n) is 4.40. The van der Waals surface area contributed by atoms with Gasteiger partial charge in [0.1, 0.15) is 0 Å². The molecule has 2 saturated heterocycles. The number of nitrogens with zero attached hydrogens (tertiary/aromatic N) is 2. The lowest BCUT2D eigenvalue weighted by atomic mass is 9.84. The summed E-state index contributed by atoms with van der Waals surface area (Å²) in [4.78, 5) is 14.3. The third-order valence-corrected chi connectivity index (χ3v) is 8.05. The van der Waals surface area contributed by atoms with Crippen LogP contribution >= 0.6 is 0 Å². The molecule has 0 spiro atoms. The zero-order valence-electron chi connectivity index (χ0n) is 13.1. The van der Waals surface area contributed by atoms with E-state index in [0.717, 1.165) is 38.5 Å². The van der Waals surface area contributed by atoms with Gasteiger partial charge < -0.3 is 4.90 Å². The highest BCUT2D eigenvalue weighted by Gasteiger charge is 2.46. The second kappa shape index (κ2) is 5.48. The summed E-state index contributed by atoms with van der Waals surface area (Å²) in [5.74, 6) is 1.38. The summed E-state index contributed by atoms with van der Waals surface area (Å²) in [5, 5.41) is 0. The molecule has 2 aliphatic heterocycles. The van der Waals surface area contributed by atoms with Gasteiger partial charge in [0.05, 0.1) is 5.75 Å². The maximum absolute atomic E-state index is 12.6. The minimum atomic E-state index is -3.10. The zero-order chi connectivity index (χ0) is 15.3. The Hall–Kier alpha value is -0.620. The van der Waals surface area contributed by atoms with Crippen molar-refractivity contribution in [3.63, 3.8) is 0 Å². The summed E-state index contributed by atoms with van der Waals surface area (Å²) >= 11 is 0. The predicted octanol–water partition coefficient (Wildman–Crippen LogP) is 1.59. The van der Waals surface area contributed by atoms with Crippen LogP contribution < -0.4 is 0 Å². The number of carbonyl (C=O) groups is 1. The van der Waals surface area contributed by atoms with E-state index in [9.17, 15) is 13.2 Å². The number of hydrogen-bond donors (Lipinski definition) is 0. The number of hydrogen-bond acceptors (Lipinski definition) is 3. The molecule has 4 rings (SSSR count). The molecule has 0 bridgehead atoms. The smallest absolute Gasteiger partial charge is 0.223 e. The number of carbonyl (C=O) groups excluding carboxylic acids is 1. The summed E-state index contributed by atoms with van der Waals surface area (Å²) in [6.45, 7) is 1.24. The molecular weight excluding hydrogens is 300 g/mol. The van der Waals surface area contributed by atoms with Crippen molar-refractivity contribution >= 4 is 15.9 Å². The van der Waals surface area contributed by atoms with Crippen LogP contribution in [0.5, 0.6) is 0 Å². The Kier molecular flexibility index (Phi) is 3.72. The summed E-state index contributed by atoms with van der Waals surface area (Å²) in [7, 11) is -3.10. The Morgan fingerprint density at radius 2 is 1.82 bits per heavy atom. The van der Waals surface area contributed by atoms with E-state index >= 15 is 0 Å². The zero-order valence-corrected chi connectivity index (χ0v) is 13.9.